The Bertz CT molecular complexity index is 557. The molecule has 0 atom stereocenters. The summed E-state index contributed by atoms with van der Waals surface area (Å²) in [5, 5.41) is 15.0. The molecule has 6 heteroatoms. The Balaban J connectivity index is 2.21. The van der Waals surface area contributed by atoms with E-state index in [1.54, 1.807) is 6.07 Å². The van der Waals surface area contributed by atoms with E-state index in [1.807, 2.05) is 11.6 Å². The Labute approximate surface area is 104 Å². The minimum Gasteiger partial charge on any atom is -0.404 e. The lowest BCUT2D eigenvalue weighted by molar-refractivity contribution is -0.402. The van der Waals surface area contributed by atoms with Crippen molar-refractivity contribution in [3.05, 3.63) is 45.5 Å². The third-order valence-corrected chi connectivity index (χ3v) is 2.77. The van der Waals surface area contributed by atoms with Gasteiger partial charge in [-0.3, -0.25) is 14.8 Å². The first-order valence-corrected chi connectivity index (χ1v) is 5.92. The van der Waals surface area contributed by atoms with E-state index in [9.17, 15) is 10.1 Å². The summed E-state index contributed by atoms with van der Waals surface area (Å²) in [6.07, 6.45) is 1.74. The molecule has 0 aliphatic carbocycles. The topological polar surface area (TPSA) is 74.1 Å². The van der Waals surface area contributed by atoms with Crippen molar-refractivity contribution in [2.45, 2.75) is 33.2 Å². The van der Waals surface area contributed by atoms with Gasteiger partial charge in [-0.25, -0.2) is 0 Å². The van der Waals surface area contributed by atoms with Crippen molar-refractivity contribution in [3.8, 4) is 0 Å². The molecule has 18 heavy (non-hydrogen) atoms. The number of nitrogens with zero attached hydrogens (tertiary/aromatic N) is 3. The highest BCUT2D eigenvalue weighted by Gasteiger charge is 2.13. The van der Waals surface area contributed by atoms with Gasteiger partial charge in [0.05, 0.1) is 18.3 Å². The number of nitro groups is 1. The van der Waals surface area contributed by atoms with Crippen LogP contribution in [0.15, 0.2) is 22.6 Å². The average molecular weight is 249 g/mol. The quantitative estimate of drug-likeness (QED) is 0.603. The molecule has 2 rings (SSSR count). The largest absolute Gasteiger partial charge is 0.433 e. The van der Waals surface area contributed by atoms with E-state index in [0.29, 0.717) is 12.3 Å². The van der Waals surface area contributed by atoms with Crippen molar-refractivity contribution in [2.75, 3.05) is 0 Å². The second-order valence-corrected chi connectivity index (χ2v) is 3.99. The monoisotopic (exact) mass is 249 g/mol. The van der Waals surface area contributed by atoms with Gasteiger partial charge < -0.3 is 4.42 Å². The fourth-order valence-electron chi connectivity index (χ4n) is 1.81. The lowest BCUT2D eigenvalue weighted by Crippen LogP contribution is -2.05. The summed E-state index contributed by atoms with van der Waals surface area (Å²) in [5.74, 6) is 0.313. The lowest BCUT2D eigenvalue weighted by atomic mass is 10.2. The molecular formula is C12H15N3O3. The number of aromatic nitrogens is 2. The van der Waals surface area contributed by atoms with E-state index in [0.717, 1.165) is 24.2 Å². The fourth-order valence-corrected chi connectivity index (χ4v) is 1.81. The molecule has 0 saturated carbocycles. The second-order valence-electron chi connectivity index (χ2n) is 3.99. The van der Waals surface area contributed by atoms with Crippen LogP contribution in [0.2, 0.25) is 0 Å². The van der Waals surface area contributed by atoms with Gasteiger partial charge in [0.2, 0.25) is 0 Å². The van der Waals surface area contributed by atoms with Crippen molar-refractivity contribution in [1.29, 1.82) is 0 Å². The molecule has 6 nitrogen and oxygen atoms in total. The zero-order valence-corrected chi connectivity index (χ0v) is 10.4. The Morgan fingerprint density at radius 1 is 1.39 bits per heavy atom. The normalized spacial score (nSPS) is 10.8. The third kappa shape index (κ3) is 2.42. The van der Waals surface area contributed by atoms with Crippen LogP contribution in [0.1, 0.15) is 31.0 Å². The van der Waals surface area contributed by atoms with Crippen molar-refractivity contribution in [3.63, 3.8) is 0 Å². The molecule has 0 aliphatic heterocycles. The number of hydrogen-bond acceptors (Lipinski definition) is 4. The van der Waals surface area contributed by atoms with Crippen molar-refractivity contribution in [1.82, 2.24) is 9.78 Å². The molecule has 2 heterocycles. The molecule has 0 fully saturated rings. The van der Waals surface area contributed by atoms with Crippen LogP contribution in [0.25, 0.3) is 0 Å². The van der Waals surface area contributed by atoms with Gasteiger partial charge in [-0.1, -0.05) is 13.8 Å². The number of aryl methyl sites for hydroxylation is 2. The highest BCUT2D eigenvalue weighted by molar-refractivity contribution is 5.19. The Hall–Kier alpha value is -2.11. The Morgan fingerprint density at radius 3 is 2.72 bits per heavy atom. The van der Waals surface area contributed by atoms with Crippen LogP contribution in [-0.4, -0.2) is 14.7 Å². The Kier molecular flexibility index (Phi) is 3.45. The highest BCUT2D eigenvalue weighted by Crippen LogP contribution is 2.17. The van der Waals surface area contributed by atoms with Gasteiger partial charge in [0.25, 0.3) is 0 Å². The first-order valence-electron chi connectivity index (χ1n) is 5.92. The van der Waals surface area contributed by atoms with Crippen molar-refractivity contribution in [2.24, 2.45) is 0 Å². The minimum absolute atomic E-state index is 0.231. The van der Waals surface area contributed by atoms with Crippen molar-refractivity contribution < 1.29 is 9.34 Å². The lowest BCUT2D eigenvalue weighted by Gasteiger charge is -2.02. The second kappa shape index (κ2) is 5.03. The molecule has 0 aromatic carbocycles. The first-order chi connectivity index (χ1) is 8.63. The summed E-state index contributed by atoms with van der Waals surface area (Å²) in [4.78, 5) is 9.99. The molecule has 2 aromatic heterocycles. The van der Waals surface area contributed by atoms with Gasteiger partial charge in [-0.05, 0) is 25.0 Å². The summed E-state index contributed by atoms with van der Waals surface area (Å²) in [6.45, 7) is 4.53. The summed E-state index contributed by atoms with van der Waals surface area (Å²) in [7, 11) is 0. The van der Waals surface area contributed by atoms with Gasteiger partial charge in [-0.2, -0.15) is 5.10 Å². The molecule has 0 bridgehead atoms. The van der Waals surface area contributed by atoms with E-state index in [-0.39, 0.29) is 5.88 Å². The molecule has 0 N–H and O–H groups in total. The molecule has 0 spiro atoms. The predicted octanol–water partition coefficient (Wildman–Crippen LogP) is 2.56. The smallest absolute Gasteiger partial charge is 0.404 e. The van der Waals surface area contributed by atoms with Gasteiger partial charge in [-0.15, -0.1) is 0 Å². The van der Waals surface area contributed by atoms with Crippen molar-refractivity contribution >= 4 is 5.88 Å². The standard InChI is InChI=1S/C12H15N3O3/c1-3-9-7-10(4-2)14(13-9)8-11-5-6-12(18-11)15(16)17/h5-7H,3-4,8H2,1-2H3. The summed E-state index contributed by atoms with van der Waals surface area (Å²) < 4.78 is 6.97. The van der Waals surface area contributed by atoms with Gasteiger partial charge in [0.1, 0.15) is 10.7 Å². The summed E-state index contributed by atoms with van der Waals surface area (Å²) >= 11 is 0. The SMILES string of the molecule is CCc1cc(CC)n(Cc2ccc([N+](=O)[O-])o2)n1. The molecule has 96 valence electrons. The molecular weight excluding hydrogens is 234 g/mol. The number of furan rings is 1. The molecule has 0 aliphatic rings. The van der Waals surface area contributed by atoms with Crippen LogP contribution in [0.5, 0.6) is 0 Å². The average Bonchev–Trinajstić information content (AvgIpc) is 2.96. The first kappa shape index (κ1) is 12.3. The van der Waals surface area contributed by atoms with Crippen LogP contribution >= 0.6 is 0 Å². The minimum atomic E-state index is -0.537. The van der Waals surface area contributed by atoms with Crippen LogP contribution in [0.3, 0.4) is 0 Å². The Morgan fingerprint density at radius 2 is 2.17 bits per heavy atom. The maximum atomic E-state index is 10.5. The van der Waals surface area contributed by atoms with E-state index in [1.165, 1.54) is 6.07 Å². The zero-order chi connectivity index (χ0) is 13.1. The maximum Gasteiger partial charge on any atom is 0.433 e. The van der Waals surface area contributed by atoms with Gasteiger partial charge in [0.15, 0.2) is 0 Å². The van der Waals surface area contributed by atoms with Gasteiger partial charge >= 0.3 is 5.88 Å². The third-order valence-electron chi connectivity index (χ3n) is 2.77. The van der Waals surface area contributed by atoms with Crippen LogP contribution in [-0.2, 0) is 19.4 Å². The van der Waals surface area contributed by atoms with Crippen LogP contribution in [0.4, 0.5) is 5.88 Å². The molecule has 0 radical (unpaired) electrons. The molecule has 2 aromatic rings. The molecule has 0 unspecified atom stereocenters. The number of hydrogen-bond donors (Lipinski definition) is 0. The molecule has 0 amide bonds. The van der Waals surface area contributed by atoms with E-state index in [4.69, 9.17) is 4.42 Å². The fraction of sp³-hybridized carbons (Fsp3) is 0.417. The predicted molar refractivity (Wildman–Crippen MR) is 65.4 cm³/mol. The number of rotatable bonds is 5. The van der Waals surface area contributed by atoms with E-state index < -0.39 is 4.92 Å². The maximum absolute atomic E-state index is 10.5. The van der Waals surface area contributed by atoms with Gasteiger partial charge in [0, 0.05) is 5.69 Å². The molecule has 0 saturated heterocycles. The van der Waals surface area contributed by atoms with E-state index in [2.05, 4.69) is 18.1 Å². The van der Waals surface area contributed by atoms with E-state index >= 15 is 0 Å². The summed E-state index contributed by atoms with van der Waals surface area (Å²) in [5.41, 5.74) is 2.12. The highest BCUT2D eigenvalue weighted by atomic mass is 16.6. The van der Waals surface area contributed by atoms with Crippen LogP contribution in [0, 0.1) is 10.1 Å². The van der Waals surface area contributed by atoms with Crippen LogP contribution < -0.4 is 0 Å². The zero-order valence-electron chi connectivity index (χ0n) is 10.4. The summed E-state index contributed by atoms with van der Waals surface area (Å²) in [6, 6.07) is 5.04.